The number of aliphatic imine (C=N–C) groups is 1. The molecular weight excluding hydrogens is 1200 g/mol. The van der Waals surface area contributed by atoms with Crippen LogP contribution >= 0.6 is 66.6 Å². The van der Waals surface area contributed by atoms with Crippen molar-refractivity contribution in [2.75, 3.05) is 50.0 Å². The van der Waals surface area contributed by atoms with E-state index >= 15 is 0 Å². The number of H-pyrrole nitrogens is 1. The topological polar surface area (TPSA) is 363 Å². The van der Waals surface area contributed by atoms with Crippen molar-refractivity contribution in [1.82, 2.24) is 14.9 Å². The van der Waals surface area contributed by atoms with Gasteiger partial charge in [-0.25, -0.2) is 23.3 Å². The minimum Gasteiger partial charge on any atom is -0.478 e. The van der Waals surface area contributed by atoms with Crippen molar-refractivity contribution in [1.29, 1.82) is 0 Å². The summed E-state index contributed by atoms with van der Waals surface area (Å²) in [6.45, 7) is 17.7. The maximum Gasteiger partial charge on any atom is 0.490 e. The van der Waals surface area contributed by atoms with Gasteiger partial charge >= 0.3 is 35.1 Å². The Labute approximate surface area is 482 Å². The minimum absolute atomic E-state index is 0.0171. The molecule has 6 rings (SSSR count). The molecule has 444 valence electrons. The summed E-state index contributed by atoms with van der Waals surface area (Å²) in [5.74, 6) is 4.08. The van der Waals surface area contributed by atoms with Crippen LogP contribution in [0, 0.1) is 24.7 Å². The van der Waals surface area contributed by atoms with Gasteiger partial charge in [0, 0.05) is 76.1 Å². The highest BCUT2D eigenvalue weighted by Crippen LogP contribution is 2.66. The molecule has 8 unspecified atom stereocenters. The smallest absolute Gasteiger partial charge is 0.478 e. The molecule has 1 amide bonds. The molecule has 3 aromatic rings. The summed E-state index contributed by atoms with van der Waals surface area (Å²) in [6, 6.07) is 8.69. The number of carbonyl (C=O) groups excluding carboxylic acids is 1. The van der Waals surface area contributed by atoms with Crippen molar-refractivity contribution in [3.05, 3.63) is 114 Å². The normalized spacial score (nSPS) is 22.0. The number of fused-ring (bicyclic) bond motifs is 2. The van der Waals surface area contributed by atoms with E-state index in [9.17, 15) is 52.9 Å². The predicted molar refractivity (Wildman–Crippen MR) is 310 cm³/mol. The summed E-state index contributed by atoms with van der Waals surface area (Å²) in [6.07, 6.45) is -1.31. The van der Waals surface area contributed by atoms with Crippen LogP contribution < -0.4 is 26.6 Å². The molecule has 9 N–H and O–H groups in total. The van der Waals surface area contributed by atoms with Gasteiger partial charge < -0.3 is 59.4 Å². The zero-order valence-corrected chi connectivity index (χ0v) is 51.2. The van der Waals surface area contributed by atoms with Crippen LogP contribution in [0.4, 0.5) is 5.69 Å². The zero-order chi connectivity index (χ0) is 59.8. The fraction of sp³-hybridized carbons (Fsp3) is 0.490. The number of hydrogen-bond acceptors (Lipinski definition) is 21. The Kier molecular flexibility index (Phi) is 22.7. The number of aryl methyl sites for hydroxylation is 1. The molecule has 0 saturated carbocycles. The van der Waals surface area contributed by atoms with Gasteiger partial charge in [-0.2, -0.15) is 8.62 Å². The molecule has 81 heavy (non-hydrogen) atoms. The van der Waals surface area contributed by atoms with E-state index < -0.39 is 88.4 Å². The molecular formula is C49H64N5O20P3S4. The van der Waals surface area contributed by atoms with E-state index in [0.29, 0.717) is 30.2 Å². The lowest BCUT2D eigenvalue weighted by molar-refractivity contribution is -0.0567. The van der Waals surface area contributed by atoms with Gasteiger partial charge in [-0.15, -0.1) is 0 Å². The summed E-state index contributed by atoms with van der Waals surface area (Å²) in [7, 11) is -11.8. The number of rotatable bonds is 25. The largest absolute Gasteiger partial charge is 0.490 e. The van der Waals surface area contributed by atoms with E-state index in [1.165, 1.54) is 49.2 Å². The number of phosphoric acid groups is 3. The Morgan fingerprint density at radius 3 is 2.33 bits per heavy atom. The van der Waals surface area contributed by atoms with Crippen LogP contribution in [-0.2, 0) is 41.1 Å². The molecule has 0 radical (unpaired) electrons. The monoisotopic (exact) mass is 1260 g/mol. The quantitative estimate of drug-likeness (QED) is 0.0131. The van der Waals surface area contributed by atoms with Crippen molar-refractivity contribution in [2.24, 2.45) is 10.9 Å². The highest BCUT2D eigenvalue weighted by Gasteiger charge is 2.49. The second-order valence-electron chi connectivity index (χ2n) is 19.8. The lowest BCUT2D eigenvalue weighted by atomic mass is 9.73. The predicted octanol–water partition coefficient (Wildman–Crippen LogP) is 7.46. The Balaban J connectivity index is 1.06. The number of carboxylic acid groups (broad SMARTS) is 1. The number of aliphatic hydroxyl groups excluding tert-OH is 1. The number of benzene rings is 2. The van der Waals surface area contributed by atoms with E-state index in [-0.39, 0.29) is 52.4 Å². The van der Waals surface area contributed by atoms with Crippen LogP contribution in [0.3, 0.4) is 0 Å². The third kappa shape index (κ3) is 18.5. The first kappa shape index (κ1) is 66.2. The molecule has 25 nitrogen and oxygen atoms in total. The summed E-state index contributed by atoms with van der Waals surface area (Å²) in [4.78, 5) is 96.7. The number of anilines is 1. The maximum atomic E-state index is 13.7. The number of allylic oxidation sites excluding steroid dienone is 3. The zero-order valence-electron chi connectivity index (χ0n) is 45.3. The second kappa shape index (κ2) is 27.8. The number of nitrogens with one attached hydrogen (secondary N) is 3. The van der Waals surface area contributed by atoms with E-state index in [0.717, 1.165) is 38.9 Å². The van der Waals surface area contributed by atoms with E-state index in [1.54, 1.807) is 12.1 Å². The number of nitrogens with zero attached hydrogens (tertiary/aromatic N) is 2. The number of aromatic carboxylic acids is 1. The van der Waals surface area contributed by atoms with Gasteiger partial charge in [-0.1, -0.05) is 87.9 Å². The number of aromatic nitrogens is 2. The average molecular weight is 1260 g/mol. The summed E-state index contributed by atoms with van der Waals surface area (Å²) in [5.41, 5.74) is 2.89. The molecule has 3 heterocycles. The third-order valence-electron chi connectivity index (χ3n) is 11.8. The lowest BCUT2D eigenvalue weighted by Crippen LogP contribution is -2.39. The van der Waals surface area contributed by atoms with Crippen LogP contribution in [0.25, 0.3) is 0 Å². The highest BCUT2D eigenvalue weighted by atomic mass is 33.1. The van der Waals surface area contributed by atoms with Crippen LogP contribution in [0.15, 0.2) is 74.6 Å². The number of carboxylic acids is 1. The van der Waals surface area contributed by atoms with Gasteiger partial charge in [0.1, 0.15) is 53.9 Å². The van der Waals surface area contributed by atoms with Gasteiger partial charge in [0.25, 0.3) is 11.5 Å². The van der Waals surface area contributed by atoms with Gasteiger partial charge in [0.05, 0.1) is 17.9 Å². The average Bonchev–Trinajstić information content (AvgIpc) is 3.82. The van der Waals surface area contributed by atoms with E-state index in [1.807, 2.05) is 80.5 Å². The number of aromatic amines is 1. The maximum absolute atomic E-state index is 13.7. The second-order valence-corrected chi connectivity index (χ2v) is 30.3. The SMILES string of the molecule is CCN=C1C=C2Oc3cc(NCC)c(C)cc3C(c3ccc(C(=O)NCC(C)(C)SSCOCC#Cc4cn(C5OC(COP(=O)(O)OP(=O)(O)OP(=O)(O)O)C(OCSSC(C)(C)C)C5O)c(=O)[nH]c4=O)cc3C(=O)O)C2C=C1C. The number of amides is 1. The summed E-state index contributed by atoms with van der Waals surface area (Å²) >= 11 is 0. The highest BCUT2D eigenvalue weighted by molar-refractivity contribution is 8.77. The van der Waals surface area contributed by atoms with Crippen molar-refractivity contribution >= 4 is 89.9 Å². The first-order chi connectivity index (χ1) is 37.8. The van der Waals surface area contributed by atoms with Gasteiger partial charge in [0.15, 0.2) is 6.23 Å². The standard InChI is InChI=1S/C49H64N5O20P3S4/c1-10-50-35-20-37-33(17-27(35)3)40(34-18-28(4)36(51-11-2)21-38(34)71-37)31-15-14-29(19-32(31)46(58)59)43(56)52-24-49(8,9)81-78-25-68-16-12-13-30-22-54(47(60)53-44(30)57)45-41(55)42(69-26-79-80-48(5,6)7)39(72-45)23-70-76(64,65)74-77(66,67)73-75(61,62)63/h14-15,17-22,33,39-42,45,51,55H,10-11,16,23-26H2,1-9H3,(H,52,56)(H,58,59)(H,64,65)(H,66,67)(H,53,57,60)(H2,61,62,63). The first-order valence-corrected chi connectivity index (χ1v) is 33.9. The minimum atomic E-state index is -5.86. The van der Waals surface area contributed by atoms with Crippen molar-refractivity contribution < 1.29 is 85.2 Å². The Bertz CT molecular complexity index is 3280. The summed E-state index contributed by atoms with van der Waals surface area (Å²) < 4.78 is 71.5. The molecule has 2 aliphatic heterocycles. The van der Waals surface area contributed by atoms with Crippen molar-refractivity contribution in [3.8, 4) is 17.6 Å². The van der Waals surface area contributed by atoms with Crippen LogP contribution in [0.2, 0.25) is 0 Å². The van der Waals surface area contributed by atoms with Gasteiger partial charge in [0.2, 0.25) is 0 Å². The Hall–Kier alpha value is -3.98. The summed E-state index contributed by atoms with van der Waals surface area (Å²) in [5, 5.41) is 28.3. The van der Waals surface area contributed by atoms with E-state index in [2.05, 4.69) is 47.1 Å². The molecule has 8 atom stereocenters. The molecule has 32 heteroatoms. The molecule has 3 aliphatic rings. The van der Waals surface area contributed by atoms with E-state index in [4.69, 9.17) is 33.3 Å². The molecule has 0 spiro atoms. The third-order valence-corrected chi connectivity index (χ3v) is 21.5. The Morgan fingerprint density at radius 2 is 1.67 bits per heavy atom. The molecule has 1 aromatic heterocycles. The molecule has 0 bridgehead atoms. The number of aliphatic hydroxyl groups is 1. The van der Waals surface area contributed by atoms with Gasteiger partial charge in [-0.3, -0.25) is 28.7 Å². The van der Waals surface area contributed by atoms with Crippen LogP contribution in [0.5, 0.6) is 5.75 Å². The molecule has 2 aromatic carbocycles. The first-order valence-electron chi connectivity index (χ1n) is 24.7. The van der Waals surface area contributed by atoms with Crippen LogP contribution in [0.1, 0.15) is 111 Å². The number of ether oxygens (including phenoxy) is 4. The molecule has 1 fully saturated rings. The molecule has 1 aliphatic carbocycles. The Morgan fingerprint density at radius 1 is 0.951 bits per heavy atom. The van der Waals surface area contributed by atoms with Crippen molar-refractivity contribution in [3.63, 3.8) is 0 Å². The number of carbonyl (C=O) groups is 2. The van der Waals surface area contributed by atoms with Crippen LogP contribution in [-0.4, -0.2) is 129 Å². The fourth-order valence-electron chi connectivity index (χ4n) is 8.44. The number of phosphoric ester groups is 1. The van der Waals surface area contributed by atoms with Crippen molar-refractivity contribution in [2.45, 2.75) is 102 Å². The number of hydrogen-bond donors (Lipinski definition) is 9. The lowest BCUT2D eigenvalue weighted by Gasteiger charge is -2.37. The van der Waals surface area contributed by atoms with Gasteiger partial charge in [-0.05, 0) is 76.4 Å². The molecule has 1 saturated heterocycles. The fourth-order valence-corrected chi connectivity index (χ4v) is 15.6.